The maximum atomic E-state index is 11.2. The van der Waals surface area contributed by atoms with Crippen molar-refractivity contribution in [2.24, 2.45) is 0 Å². The molecule has 104 valence electrons. The van der Waals surface area contributed by atoms with Crippen LogP contribution < -0.4 is 4.90 Å². The van der Waals surface area contributed by atoms with E-state index in [0.717, 1.165) is 44.6 Å². The molecule has 1 heterocycles. The van der Waals surface area contributed by atoms with Crippen LogP contribution in [0.5, 0.6) is 0 Å². The highest BCUT2D eigenvalue weighted by Gasteiger charge is 2.28. The average Bonchev–Trinajstić information content (AvgIpc) is 2.89. The second kappa shape index (κ2) is 6.40. The van der Waals surface area contributed by atoms with Gasteiger partial charge in [0.2, 0.25) is 0 Å². The molecule has 0 amide bonds. The van der Waals surface area contributed by atoms with E-state index in [-0.39, 0.29) is 0 Å². The third-order valence-corrected chi connectivity index (χ3v) is 4.26. The van der Waals surface area contributed by atoms with Gasteiger partial charge in [-0.05, 0) is 31.6 Å². The van der Waals surface area contributed by atoms with Crippen LogP contribution in [0.25, 0.3) is 0 Å². The molecule has 0 saturated carbocycles. The normalized spacial score (nSPS) is 19.2. The van der Waals surface area contributed by atoms with Crippen LogP contribution in [0.2, 0.25) is 5.02 Å². The smallest absolute Gasteiger partial charge is 0.152 e. The Kier molecular flexibility index (Phi) is 4.83. The minimum atomic E-state index is 0.561. The first-order chi connectivity index (χ1) is 9.21. The number of benzene rings is 1. The van der Waals surface area contributed by atoms with Crippen LogP contribution in [0.4, 0.5) is 5.69 Å². The van der Waals surface area contributed by atoms with Crippen LogP contribution in [0.1, 0.15) is 30.6 Å². The lowest BCUT2D eigenvalue weighted by molar-refractivity contribution is 0.112. The zero-order valence-electron chi connectivity index (χ0n) is 11.6. The van der Waals surface area contributed by atoms with E-state index in [2.05, 4.69) is 23.6 Å². The molecule has 0 bridgehead atoms. The number of hydrogen-bond donors (Lipinski definition) is 0. The molecule has 2 rings (SSSR count). The lowest BCUT2D eigenvalue weighted by Gasteiger charge is -2.27. The fourth-order valence-electron chi connectivity index (χ4n) is 2.94. The Morgan fingerprint density at radius 1 is 1.42 bits per heavy atom. The Balaban J connectivity index is 2.19. The van der Waals surface area contributed by atoms with Gasteiger partial charge in [-0.2, -0.15) is 0 Å². The van der Waals surface area contributed by atoms with Crippen LogP contribution >= 0.6 is 11.6 Å². The maximum Gasteiger partial charge on any atom is 0.152 e. The molecule has 1 aromatic carbocycles. The van der Waals surface area contributed by atoms with E-state index in [1.54, 1.807) is 0 Å². The van der Waals surface area contributed by atoms with Crippen molar-refractivity contribution in [1.29, 1.82) is 0 Å². The van der Waals surface area contributed by atoms with Crippen molar-refractivity contribution < 1.29 is 4.79 Å². The zero-order chi connectivity index (χ0) is 13.8. The molecule has 4 heteroatoms. The molecule has 0 N–H and O–H groups in total. The Hall–Kier alpha value is -1.06. The third kappa shape index (κ3) is 2.93. The molecule has 1 saturated heterocycles. The van der Waals surface area contributed by atoms with Gasteiger partial charge < -0.3 is 4.90 Å². The lowest BCUT2D eigenvalue weighted by atomic mass is 10.2. The third-order valence-electron chi connectivity index (χ3n) is 3.95. The fraction of sp³-hybridized carbons (Fsp3) is 0.533. The predicted molar refractivity (Wildman–Crippen MR) is 80.4 cm³/mol. The summed E-state index contributed by atoms with van der Waals surface area (Å²) in [5, 5.41) is 0.671. The predicted octanol–water partition coefficient (Wildman–Crippen LogP) is 3.07. The molecule has 19 heavy (non-hydrogen) atoms. The van der Waals surface area contributed by atoms with Crippen molar-refractivity contribution in [1.82, 2.24) is 4.90 Å². The number of halogens is 1. The number of likely N-dealkylation sites (N-methyl/N-ethyl adjacent to an activating group) is 1. The number of rotatable bonds is 5. The van der Waals surface area contributed by atoms with Gasteiger partial charge in [0.1, 0.15) is 0 Å². The van der Waals surface area contributed by atoms with Gasteiger partial charge in [0.15, 0.2) is 6.29 Å². The van der Waals surface area contributed by atoms with Crippen molar-refractivity contribution >= 4 is 23.6 Å². The van der Waals surface area contributed by atoms with Gasteiger partial charge in [-0.1, -0.05) is 31.5 Å². The highest BCUT2D eigenvalue weighted by Crippen LogP contribution is 2.32. The molecule has 3 nitrogen and oxygen atoms in total. The second-order valence-corrected chi connectivity index (χ2v) is 5.31. The number of para-hydroxylation sites is 1. The first kappa shape index (κ1) is 14.4. The van der Waals surface area contributed by atoms with E-state index in [1.165, 1.54) is 0 Å². The quantitative estimate of drug-likeness (QED) is 0.775. The summed E-state index contributed by atoms with van der Waals surface area (Å²) in [6.45, 7) is 8.44. The zero-order valence-corrected chi connectivity index (χ0v) is 12.4. The van der Waals surface area contributed by atoms with Crippen LogP contribution in [0, 0.1) is 0 Å². The molecule has 1 unspecified atom stereocenters. The highest BCUT2D eigenvalue weighted by molar-refractivity contribution is 6.33. The van der Waals surface area contributed by atoms with Crippen LogP contribution in [-0.2, 0) is 0 Å². The summed E-state index contributed by atoms with van der Waals surface area (Å²) in [6, 6.07) is 6.08. The van der Waals surface area contributed by atoms with Gasteiger partial charge in [-0.3, -0.25) is 9.69 Å². The van der Waals surface area contributed by atoms with Crippen LogP contribution in [0.3, 0.4) is 0 Å². The summed E-state index contributed by atoms with van der Waals surface area (Å²) in [5.41, 5.74) is 1.58. The molecule has 1 fully saturated rings. The Labute approximate surface area is 120 Å². The van der Waals surface area contributed by atoms with Gasteiger partial charge in [0, 0.05) is 24.7 Å². The first-order valence-electron chi connectivity index (χ1n) is 6.93. The Morgan fingerprint density at radius 3 is 2.79 bits per heavy atom. The maximum absolute atomic E-state index is 11.2. The van der Waals surface area contributed by atoms with Crippen molar-refractivity contribution in [2.45, 2.75) is 26.3 Å². The molecule has 1 aromatic rings. The van der Waals surface area contributed by atoms with Crippen molar-refractivity contribution in [3.05, 3.63) is 28.8 Å². The molecule has 0 aromatic heterocycles. The monoisotopic (exact) mass is 280 g/mol. The van der Waals surface area contributed by atoms with Gasteiger partial charge in [0.05, 0.1) is 10.7 Å². The Morgan fingerprint density at radius 2 is 2.16 bits per heavy atom. The molecule has 1 aliphatic heterocycles. The summed E-state index contributed by atoms with van der Waals surface area (Å²) >= 11 is 6.27. The van der Waals surface area contributed by atoms with Crippen LogP contribution in [0.15, 0.2) is 18.2 Å². The van der Waals surface area contributed by atoms with Gasteiger partial charge in [0.25, 0.3) is 0 Å². The van der Waals surface area contributed by atoms with E-state index in [1.807, 2.05) is 18.2 Å². The molecule has 1 aliphatic rings. The Bertz CT molecular complexity index is 446. The van der Waals surface area contributed by atoms with E-state index < -0.39 is 0 Å². The molecule has 0 spiro atoms. The highest BCUT2D eigenvalue weighted by atomic mass is 35.5. The first-order valence-corrected chi connectivity index (χ1v) is 7.31. The molecular weight excluding hydrogens is 260 g/mol. The van der Waals surface area contributed by atoms with Gasteiger partial charge in [-0.25, -0.2) is 0 Å². The minimum absolute atomic E-state index is 0.561. The summed E-state index contributed by atoms with van der Waals surface area (Å²) < 4.78 is 0. The number of anilines is 1. The van der Waals surface area contributed by atoms with Gasteiger partial charge >= 0.3 is 0 Å². The number of nitrogens with zero attached hydrogens (tertiary/aromatic N) is 2. The molecule has 0 aliphatic carbocycles. The standard InChI is InChI=1S/C15H21ClN2O/c1-3-17(4-2)13-8-9-18(10-13)15-12(11-19)6-5-7-14(15)16/h5-7,11,13H,3-4,8-10H2,1-2H3. The van der Waals surface area contributed by atoms with E-state index in [0.29, 0.717) is 16.6 Å². The second-order valence-electron chi connectivity index (χ2n) is 4.91. The van der Waals surface area contributed by atoms with Crippen molar-refractivity contribution in [3.8, 4) is 0 Å². The van der Waals surface area contributed by atoms with Crippen molar-refractivity contribution in [2.75, 3.05) is 31.1 Å². The summed E-state index contributed by atoms with van der Waals surface area (Å²) in [4.78, 5) is 15.9. The SMILES string of the molecule is CCN(CC)C1CCN(c2c(Cl)cccc2C=O)C1. The number of aldehydes is 1. The van der Waals surface area contributed by atoms with E-state index >= 15 is 0 Å². The van der Waals surface area contributed by atoms with E-state index in [4.69, 9.17) is 11.6 Å². The molecule has 0 radical (unpaired) electrons. The number of carbonyl (C=O) groups is 1. The van der Waals surface area contributed by atoms with Crippen LogP contribution in [-0.4, -0.2) is 43.4 Å². The lowest BCUT2D eigenvalue weighted by Crippen LogP contribution is -2.37. The fourth-order valence-corrected chi connectivity index (χ4v) is 3.25. The average molecular weight is 281 g/mol. The number of hydrogen-bond acceptors (Lipinski definition) is 3. The molecule has 1 atom stereocenters. The number of carbonyl (C=O) groups excluding carboxylic acids is 1. The van der Waals surface area contributed by atoms with Gasteiger partial charge in [-0.15, -0.1) is 0 Å². The summed E-state index contributed by atoms with van der Waals surface area (Å²) in [5.74, 6) is 0. The van der Waals surface area contributed by atoms with Crippen molar-refractivity contribution in [3.63, 3.8) is 0 Å². The topological polar surface area (TPSA) is 23.6 Å². The molecular formula is C15H21ClN2O. The minimum Gasteiger partial charge on any atom is -0.368 e. The largest absolute Gasteiger partial charge is 0.368 e. The summed E-state index contributed by atoms with van der Waals surface area (Å²) in [7, 11) is 0. The summed E-state index contributed by atoms with van der Waals surface area (Å²) in [6.07, 6.45) is 2.02. The van der Waals surface area contributed by atoms with E-state index in [9.17, 15) is 4.79 Å².